The van der Waals surface area contributed by atoms with Crippen LogP contribution in [0.3, 0.4) is 0 Å². The molecule has 0 spiro atoms. The van der Waals surface area contributed by atoms with Crippen molar-refractivity contribution in [2.45, 2.75) is 32.4 Å². The molecule has 1 rings (SSSR count). The highest BCUT2D eigenvalue weighted by Gasteiger charge is 2.12. The topological polar surface area (TPSA) is 28.4 Å². The molecule has 2 atom stereocenters. The number of hydrogen-bond donors (Lipinski definition) is 1. The number of furan rings is 1. The van der Waals surface area contributed by atoms with Crippen molar-refractivity contribution in [3.8, 4) is 0 Å². The number of hydrogen-bond acceptors (Lipinski definition) is 4. The van der Waals surface area contributed by atoms with Crippen molar-refractivity contribution in [3.05, 3.63) is 24.2 Å². The Bertz CT molecular complexity index is 303. The van der Waals surface area contributed by atoms with E-state index in [1.165, 1.54) is 12.2 Å². The van der Waals surface area contributed by atoms with E-state index in [2.05, 4.69) is 37.4 Å². The maximum atomic E-state index is 5.38. The zero-order valence-electron chi connectivity index (χ0n) is 12.0. The number of thioether (sulfide) groups is 1. The van der Waals surface area contributed by atoms with E-state index in [0.717, 1.165) is 18.8 Å². The lowest BCUT2D eigenvalue weighted by Crippen LogP contribution is -2.38. The highest BCUT2D eigenvalue weighted by atomic mass is 32.2. The van der Waals surface area contributed by atoms with Gasteiger partial charge in [0.05, 0.1) is 12.3 Å². The van der Waals surface area contributed by atoms with E-state index in [0.29, 0.717) is 6.04 Å². The number of likely N-dealkylation sites (N-methyl/N-ethyl adjacent to an activating group) is 1. The van der Waals surface area contributed by atoms with Gasteiger partial charge in [-0.1, -0.05) is 6.92 Å². The van der Waals surface area contributed by atoms with Gasteiger partial charge in [-0.15, -0.1) is 0 Å². The van der Waals surface area contributed by atoms with Crippen LogP contribution in [0.25, 0.3) is 0 Å². The van der Waals surface area contributed by atoms with Crippen molar-refractivity contribution in [1.82, 2.24) is 10.2 Å². The molecule has 1 heterocycles. The van der Waals surface area contributed by atoms with Gasteiger partial charge in [0.15, 0.2) is 0 Å². The van der Waals surface area contributed by atoms with Crippen LogP contribution >= 0.6 is 11.8 Å². The van der Waals surface area contributed by atoms with Crippen LogP contribution in [0.15, 0.2) is 22.8 Å². The van der Waals surface area contributed by atoms with Gasteiger partial charge in [0.25, 0.3) is 0 Å². The molecule has 0 amide bonds. The maximum absolute atomic E-state index is 5.38. The Morgan fingerprint density at radius 3 is 2.83 bits per heavy atom. The van der Waals surface area contributed by atoms with Crippen LogP contribution < -0.4 is 5.32 Å². The summed E-state index contributed by atoms with van der Waals surface area (Å²) in [6.45, 7) is 6.46. The summed E-state index contributed by atoms with van der Waals surface area (Å²) in [6, 6.07) is 4.92. The molecule has 1 aromatic rings. The highest BCUT2D eigenvalue weighted by molar-refractivity contribution is 7.98. The summed E-state index contributed by atoms with van der Waals surface area (Å²) < 4.78 is 5.38. The first-order chi connectivity index (χ1) is 8.69. The molecule has 0 saturated carbocycles. The molecule has 0 aromatic carbocycles. The summed E-state index contributed by atoms with van der Waals surface area (Å²) >= 11 is 1.92. The fourth-order valence-corrected chi connectivity index (χ4v) is 2.90. The highest BCUT2D eigenvalue weighted by Crippen LogP contribution is 2.12. The van der Waals surface area contributed by atoms with Crippen molar-refractivity contribution in [1.29, 1.82) is 0 Å². The number of nitrogens with zero attached hydrogens (tertiary/aromatic N) is 1. The summed E-state index contributed by atoms with van der Waals surface area (Å²) in [5, 5.41) is 3.49. The molecule has 0 aliphatic carbocycles. The van der Waals surface area contributed by atoms with Crippen molar-refractivity contribution >= 4 is 11.8 Å². The van der Waals surface area contributed by atoms with Gasteiger partial charge in [-0.2, -0.15) is 11.8 Å². The second-order valence-corrected chi connectivity index (χ2v) is 5.60. The van der Waals surface area contributed by atoms with E-state index in [1.807, 2.05) is 23.9 Å². The number of rotatable bonds is 9. The monoisotopic (exact) mass is 270 g/mol. The molecule has 0 saturated heterocycles. The average molecular weight is 270 g/mol. The van der Waals surface area contributed by atoms with Gasteiger partial charge in [-0.25, -0.2) is 0 Å². The van der Waals surface area contributed by atoms with E-state index in [4.69, 9.17) is 4.42 Å². The third-order valence-electron chi connectivity index (χ3n) is 3.34. The molecule has 1 aromatic heterocycles. The molecule has 3 nitrogen and oxygen atoms in total. The average Bonchev–Trinajstić information content (AvgIpc) is 2.89. The van der Waals surface area contributed by atoms with E-state index in [-0.39, 0.29) is 6.04 Å². The van der Waals surface area contributed by atoms with Gasteiger partial charge in [0.1, 0.15) is 5.76 Å². The SMILES string of the molecule is CCC(CSC)N(C)CCNC(C)c1ccco1. The minimum absolute atomic E-state index is 0.286. The van der Waals surface area contributed by atoms with Gasteiger partial charge in [0, 0.05) is 24.9 Å². The van der Waals surface area contributed by atoms with E-state index >= 15 is 0 Å². The predicted molar refractivity (Wildman–Crippen MR) is 80.2 cm³/mol. The van der Waals surface area contributed by atoms with E-state index < -0.39 is 0 Å². The molecule has 2 unspecified atom stereocenters. The van der Waals surface area contributed by atoms with Gasteiger partial charge < -0.3 is 14.6 Å². The summed E-state index contributed by atoms with van der Waals surface area (Å²) in [4.78, 5) is 2.44. The van der Waals surface area contributed by atoms with Crippen LogP contribution in [0, 0.1) is 0 Å². The lowest BCUT2D eigenvalue weighted by atomic mass is 10.2. The molecule has 0 aliphatic heterocycles. The summed E-state index contributed by atoms with van der Waals surface area (Å²) in [6.07, 6.45) is 5.12. The van der Waals surface area contributed by atoms with Crippen LogP contribution in [-0.2, 0) is 0 Å². The Balaban J connectivity index is 2.24. The smallest absolute Gasteiger partial charge is 0.120 e. The summed E-state index contributed by atoms with van der Waals surface area (Å²) in [7, 11) is 2.21. The predicted octanol–water partition coefficient (Wildman–Crippen LogP) is 3.00. The largest absolute Gasteiger partial charge is 0.468 e. The van der Waals surface area contributed by atoms with E-state index in [9.17, 15) is 0 Å². The second kappa shape index (κ2) is 8.62. The van der Waals surface area contributed by atoms with Crippen LogP contribution in [0.5, 0.6) is 0 Å². The number of nitrogens with one attached hydrogen (secondary N) is 1. The van der Waals surface area contributed by atoms with Crippen LogP contribution in [0.1, 0.15) is 32.1 Å². The van der Waals surface area contributed by atoms with Crippen molar-refractivity contribution in [2.75, 3.05) is 32.1 Å². The fourth-order valence-electron chi connectivity index (χ4n) is 2.03. The molecule has 0 bridgehead atoms. The Labute approximate surface area is 115 Å². The Kier molecular flexibility index (Phi) is 7.47. The zero-order chi connectivity index (χ0) is 13.4. The van der Waals surface area contributed by atoms with Crippen LogP contribution in [0.4, 0.5) is 0 Å². The van der Waals surface area contributed by atoms with Gasteiger partial charge in [-0.05, 0) is 38.8 Å². The molecule has 1 N–H and O–H groups in total. The minimum Gasteiger partial charge on any atom is -0.468 e. The molecular weight excluding hydrogens is 244 g/mol. The molecule has 0 aliphatic rings. The Morgan fingerprint density at radius 1 is 1.50 bits per heavy atom. The van der Waals surface area contributed by atoms with Gasteiger partial charge >= 0.3 is 0 Å². The first-order valence-corrected chi connectivity index (χ1v) is 8.04. The molecule has 0 fully saturated rings. The van der Waals surface area contributed by atoms with Crippen LogP contribution in [-0.4, -0.2) is 43.1 Å². The van der Waals surface area contributed by atoms with Crippen LogP contribution in [0.2, 0.25) is 0 Å². The maximum Gasteiger partial charge on any atom is 0.120 e. The van der Waals surface area contributed by atoms with Crippen molar-refractivity contribution < 1.29 is 4.42 Å². The minimum atomic E-state index is 0.286. The van der Waals surface area contributed by atoms with Gasteiger partial charge in [-0.3, -0.25) is 0 Å². The molecule has 0 radical (unpaired) electrons. The molecule has 4 heteroatoms. The lowest BCUT2D eigenvalue weighted by Gasteiger charge is -2.27. The van der Waals surface area contributed by atoms with Crippen molar-refractivity contribution in [3.63, 3.8) is 0 Å². The summed E-state index contributed by atoms with van der Waals surface area (Å²) in [5.41, 5.74) is 0. The zero-order valence-corrected chi connectivity index (χ0v) is 12.8. The van der Waals surface area contributed by atoms with E-state index in [1.54, 1.807) is 6.26 Å². The standard InChI is InChI=1S/C14H26N2OS/c1-5-13(11-18-4)16(3)9-8-15-12(2)14-7-6-10-17-14/h6-7,10,12-13,15H,5,8-9,11H2,1-4H3. The Morgan fingerprint density at radius 2 is 2.28 bits per heavy atom. The quantitative estimate of drug-likeness (QED) is 0.747. The first kappa shape index (κ1) is 15.6. The molecular formula is C14H26N2OS. The second-order valence-electron chi connectivity index (χ2n) is 4.69. The fraction of sp³-hybridized carbons (Fsp3) is 0.714. The third kappa shape index (κ3) is 5.04. The Hall–Kier alpha value is -0.450. The van der Waals surface area contributed by atoms with Crippen molar-refractivity contribution in [2.24, 2.45) is 0 Å². The molecule has 18 heavy (non-hydrogen) atoms. The van der Waals surface area contributed by atoms with Gasteiger partial charge in [0.2, 0.25) is 0 Å². The summed E-state index contributed by atoms with van der Waals surface area (Å²) in [5.74, 6) is 2.22. The molecule has 104 valence electrons. The first-order valence-electron chi connectivity index (χ1n) is 6.65. The normalized spacial score (nSPS) is 14.9. The third-order valence-corrected chi connectivity index (χ3v) is 4.06. The lowest BCUT2D eigenvalue weighted by molar-refractivity contribution is 0.251.